The molecule has 0 nitrogen and oxygen atoms in total. The summed E-state index contributed by atoms with van der Waals surface area (Å²) in [6, 6.07) is 17.8. The minimum atomic E-state index is 0.643. The van der Waals surface area contributed by atoms with Crippen LogP contribution in [0, 0.1) is 5.92 Å². The lowest BCUT2D eigenvalue weighted by Crippen LogP contribution is -2.03. The van der Waals surface area contributed by atoms with Crippen LogP contribution in [0.15, 0.2) is 60.7 Å². The Bertz CT molecular complexity index is 795. The van der Waals surface area contributed by atoms with Crippen molar-refractivity contribution >= 4 is 12.2 Å². The lowest BCUT2D eigenvalue weighted by Gasteiger charge is -2.19. The van der Waals surface area contributed by atoms with Crippen molar-refractivity contribution in [1.82, 2.24) is 0 Å². The van der Waals surface area contributed by atoms with E-state index >= 15 is 0 Å². The third-order valence-corrected chi connectivity index (χ3v) is 6.40. The van der Waals surface area contributed by atoms with Gasteiger partial charge in [-0.3, -0.25) is 0 Å². The third kappa shape index (κ3) is 3.70. The zero-order chi connectivity index (χ0) is 17.8. The second-order valence-electron chi connectivity index (χ2n) is 7.97. The van der Waals surface area contributed by atoms with Gasteiger partial charge in [0.1, 0.15) is 0 Å². The minimum absolute atomic E-state index is 0.643. The van der Waals surface area contributed by atoms with Gasteiger partial charge in [0, 0.05) is 11.8 Å². The zero-order valence-corrected chi connectivity index (χ0v) is 15.9. The molecule has 0 heterocycles. The molecule has 134 valence electrons. The van der Waals surface area contributed by atoms with Gasteiger partial charge >= 0.3 is 0 Å². The highest BCUT2D eigenvalue weighted by Crippen LogP contribution is 2.37. The van der Waals surface area contributed by atoms with E-state index in [2.05, 4.69) is 79.8 Å². The molecule has 2 aliphatic carbocycles. The molecule has 0 N–H and O–H groups in total. The van der Waals surface area contributed by atoms with Gasteiger partial charge in [0.15, 0.2) is 0 Å². The Kier molecular flexibility index (Phi) is 5.39. The smallest absolute Gasteiger partial charge is 0.00273 e. The number of fused-ring (bicyclic) bond motifs is 2. The van der Waals surface area contributed by atoms with Gasteiger partial charge < -0.3 is 0 Å². The highest BCUT2D eigenvalue weighted by atomic mass is 14.2. The fraction of sp³-hybridized carbons (Fsp3) is 0.385. The van der Waals surface area contributed by atoms with Gasteiger partial charge in [-0.2, -0.15) is 0 Å². The molecule has 0 amide bonds. The molecule has 0 aromatic heterocycles. The summed E-state index contributed by atoms with van der Waals surface area (Å²) >= 11 is 0. The standard InChI is InChI=1S/C26H30/c1-2-20(14-15-24-19-18-22-10-4-6-13-26(22)24)8-7-11-23-17-16-21-9-3-5-12-25(21)23/h3-6,9-10,12-13,16-20,23-24H,2,7-8,11,14-15H2,1H3. The first kappa shape index (κ1) is 17.3. The van der Waals surface area contributed by atoms with Crippen molar-refractivity contribution in [3.63, 3.8) is 0 Å². The number of rotatable bonds is 8. The second-order valence-corrected chi connectivity index (χ2v) is 7.97. The van der Waals surface area contributed by atoms with Crippen LogP contribution in [0.3, 0.4) is 0 Å². The largest absolute Gasteiger partial charge is 0.0764 e. The molecule has 0 bridgehead atoms. The van der Waals surface area contributed by atoms with Crippen molar-refractivity contribution in [3.8, 4) is 0 Å². The van der Waals surface area contributed by atoms with Crippen LogP contribution in [0.1, 0.15) is 79.5 Å². The molecule has 3 atom stereocenters. The first-order valence-corrected chi connectivity index (χ1v) is 10.4. The molecule has 0 radical (unpaired) electrons. The van der Waals surface area contributed by atoms with Gasteiger partial charge in [-0.05, 0) is 47.4 Å². The Morgan fingerprint density at radius 1 is 0.731 bits per heavy atom. The fourth-order valence-corrected chi connectivity index (χ4v) is 4.75. The highest BCUT2D eigenvalue weighted by Gasteiger charge is 2.19. The number of hydrogen-bond acceptors (Lipinski definition) is 0. The number of allylic oxidation sites excluding steroid dienone is 2. The summed E-state index contributed by atoms with van der Waals surface area (Å²) in [5.74, 6) is 2.16. The van der Waals surface area contributed by atoms with Gasteiger partial charge in [-0.15, -0.1) is 0 Å². The summed E-state index contributed by atoms with van der Waals surface area (Å²) in [5, 5.41) is 0. The van der Waals surface area contributed by atoms with E-state index in [-0.39, 0.29) is 0 Å². The Balaban J connectivity index is 1.25. The molecule has 0 spiro atoms. The van der Waals surface area contributed by atoms with Gasteiger partial charge in [0.25, 0.3) is 0 Å². The van der Waals surface area contributed by atoms with Crippen LogP contribution in [0.5, 0.6) is 0 Å². The zero-order valence-electron chi connectivity index (χ0n) is 15.9. The lowest BCUT2D eigenvalue weighted by molar-refractivity contribution is 0.397. The Morgan fingerprint density at radius 3 is 1.92 bits per heavy atom. The SMILES string of the molecule is CCC(CCCC1C=Cc2ccccc21)CCC1C=Cc2ccccc21. The summed E-state index contributed by atoms with van der Waals surface area (Å²) in [7, 11) is 0. The molecule has 3 unspecified atom stereocenters. The molecule has 2 aromatic rings. The number of benzene rings is 2. The van der Waals surface area contributed by atoms with Crippen molar-refractivity contribution in [1.29, 1.82) is 0 Å². The maximum Gasteiger partial charge on any atom is 0.00273 e. The fourth-order valence-electron chi connectivity index (χ4n) is 4.75. The van der Waals surface area contributed by atoms with Crippen molar-refractivity contribution in [2.24, 2.45) is 5.92 Å². The van der Waals surface area contributed by atoms with E-state index in [0.717, 1.165) is 5.92 Å². The first-order chi connectivity index (χ1) is 12.8. The topological polar surface area (TPSA) is 0 Å². The summed E-state index contributed by atoms with van der Waals surface area (Å²) in [4.78, 5) is 0. The summed E-state index contributed by atoms with van der Waals surface area (Å²) in [5.41, 5.74) is 5.93. The van der Waals surface area contributed by atoms with Crippen LogP contribution in [-0.2, 0) is 0 Å². The molecular weight excluding hydrogens is 312 g/mol. The van der Waals surface area contributed by atoms with Gasteiger partial charge in [-0.1, -0.05) is 99.0 Å². The summed E-state index contributed by atoms with van der Waals surface area (Å²) in [6.45, 7) is 2.37. The molecule has 0 saturated heterocycles. The highest BCUT2D eigenvalue weighted by molar-refractivity contribution is 5.62. The molecule has 0 saturated carbocycles. The molecule has 4 rings (SSSR count). The molecule has 26 heavy (non-hydrogen) atoms. The lowest BCUT2D eigenvalue weighted by atomic mass is 9.86. The van der Waals surface area contributed by atoms with Crippen molar-refractivity contribution in [3.05, 3.63) is 82.9 Å². The van der Waals surface area contributed by atoms with E-state index < -0.39 is 0 Å². The summed E-state index contributed by atoms with van der Waals surface area (Å²) < 4.78 is 0. The van der Waals surface area contributed by atoms with Crippen LogP contribution in [0.4, 0.5) is 0 Å². The average Bonchev–Trinajstić information content (AvgIpc) is 3.29. The quantitative estimate of drug-likeness (QED) is 0.463. The number of hydrogen-bond donors (Lipinski definition) is 0. The minimum Gasteiger partial charge on any atom is -0.0764 e. The Hall–Kier alpha value is -2.08. The maximum atomic E-state index is 2.41. The van der Waals surface area contributed by atoms with Gasteiger partial charge in [0.05, 0.1) is 0 Å². The van der Waals surface area contributed by atoms with Gasteiger partial charge in [-0.25, -0.2) is 0 Å². The molecule has 0 fully saturated rings. The van der Waals surface area contributed by atoms with E-state index in [1.165, 1.54) is 60.8 Å². The van der Waals surface area contributed by atoms with Crippen molar-refractivity contribution in [2.45, 2.75) is 57.3 Å². The van der Waals surface area contributed by atoms with E-state index in [0.29, 0.717) is 11.8 Å². The van der Waals surface area contributed by atoms with E-state index in [1.807, 2.05) is 0 Å². The van der Waals surface area contributed by atoms with Crippen molar-refractivity contribution < 1.29 is 0 Å². The van der Waals surface area contributed by atoms with E-state index in [4.69, 9.17) is 0 Å². The molecule has 0 aliphatic heterocycles. The normalized spacial score (nSPS) is 21.0. The molecule has 2 aromatic carbocycles. The molecule has 2 aliphatic rings. The predicted octanol–water partition coefficient (Wildman–Crippen LogP) is 7.58. The van der Waals surface area contributed by atoms with E-state index in [9.17, 15) is 0 Å². The summed E-state index contributed by atoms with van der Waals surface area (Å²) in [6.07, 6.45) is 17.4. The predicted molar refractivity (Wildman–Crippen MR) is 113 cm³/mol. The van der Waals surface area contributed by atoms with Crippen LogP contribution < -0.4 is 0 Å². The second kappa shape index (κ2) is 8.08. The van der Waals surface area contributed by atoms with Crippen LogP contribution in [-0.4, -0.2) is 0 Å². The van der Waals surface area contributed by atoms with Crippen LogP contribution >= 0.6 is 0 Å². The Morgan fingerprint density at radius 2 is 1.31 bits per heavy atom. The average molecular weight is 343 g/mol. The van der Waals surface area contributed by atoms with Gasteiger partial charge in [0.2, 0.25) is 0 Å². The van der Waals surface area contributed by atoms with Crippen molar-refractivity contribution in [2.75, 3.05) is 0 Å². The molecular formula is C26H30. The molecule has 0 heteroatoms. The monoisotopic (exact) mass is 342 g/mol. The van der Waals surface area contributed by atoms with Crippen LogP contribution in [0.25, 0.3) is 12.2 Å². The first-order valence-electron chi connectivity index (χ1n) is 10.4. The Labute approximate surface area is 158 Å². The third-order valence-electron chi connectivity index (χ3n) is 6.40. The van der Waals surface area contributed by atoms with E-state index in [1.54, 1.807) is 0 Å². The van der Waals surface area contributed by atoms with Crippen LogP contribution in [0.2, 0.25) is 0 Å². The maximum absolute atomic E-state index is 2.41.